The van der Waals surface area contributed by atoms with Gasteiger partial charge in [0.25, 0.3) is 0 Å². The molecule has 0 saturated heterocycles. The number of rotatable bonds is 1. The van der Waals surface area contributed by atoms with Crippen molar-refractivity contribution in [3.05, 3.63) is 39.9 Å². The molecule has 0 unspecified atom stereocenters. The van der Waals surface area contributed by atoms with Crippen LogP contribution in [0, 0.1) is 0 Å². The van der Waals surface area contributed by atoms with Crippen LogP contribution in [-0.4, -0.2) is 14.6 Å². The molecule has 0 spiro atoms. The number of hydrogen-bond acceptors (Lipinski definition) is 3. The Bertz CT molecular complexity index is 716. The van der Waals surface area contributed by atoms with E-state index in [1.807, 2.05) is 0 Å². The van der Waals surface area contributed by atoms with Gasteiger partial charge in [-0.3, -0.25) is 0 Å². The van der Waals surface area contributed by atoms with E-state index in [1.54, 1.807) is 6.07 Å². The second-order valence-corrected chi connectivity index (χ2v) is 5.98. The van der Waals surface area contributed by atoms with Crippen LogP contribution in [0.1, 0.15) is 5.56 Å². The van der Waals surface area contributed by atoms with E-state index in [9.17, 15) is 13.2 Å². The molecule has 0 atom stereocenters. The molecule has 0 aliphatic heterocycles. The highest BCUT2D eigenvalue weighted by atomic mass is 79.9. The minimum Gasteiger partial charge on any atom is -0.217 e. The Kier molecular flexibility index (Phi) is 2.86. The molecule has 3 aromatic rings. The normalized spacial score (nSPS) is 12.2. The molecular formula is C11H5BrF3N3S. The molecule has 0 amide bonds. The number of imidazole rings is 1. The van der Waals surface area contributed by atoms with E-state index in [0.717, 1.165) is 6.07 Å². The van der Waals surface area contributed by atoms with E-state index in [-0.39, 0.29) is 11.3 Å². The lowest BCUT2D eigenvalue weighted by molar-refractivity contribution is -0.137. The van der Waals surface area contributed by atoms with Gasteiger partial charge in [0.15, 0.2) is 3.92 Å². The van der Waals surface area contributed by atoms with Gasteiger partial charge >= 0.3 is 6.18 Å². The molecule has 2 heterocycles. The highest BCUT2D eigenvalue weighted by Gasteiger charge is 2.33. The molecular weight excluding hydrogens is 343 g/mol. The van der Waals surface area contributed by atoms with E-state index in [4.69, 9.17) is 0 Å². The molecule has 1 aromatic carbocycles. The van der Waals surface area contributed by atoms with Crippen molar-refractivity contribution < 1.29 is 13.2 Å². The fourth-order valence-electron chi connectivity index (χ4n) is 1.76. The van der Waals surface area contributed by atoms with Crippen LogP contribution in [-0.2, 0) is 6.18 Å². The predicted octanol–water partition coefficient (Wildman–Crippen LogP) is 4.24. The van der Waals surface area contributed by atoms with Crippen LogP contribution in [0.3, 0.4) is 0 Å². The molecule has 0 aliphatic rings. The lowest BCUT2D eigenvalue weighted by Crippen LogP contribution is -2.06. The van der Waals surface area contributed by atoms with E-state index < -0.39 is 11.7 Å². The second kappa shape index (κ2) is 4.31. The summed E-state index contributed by atoms with van der Waals surface area (Å²) in [5.41, 5.74) is -0.372. The summed E-state index contributed by atoms with van der Waals surface area (Å²) in [5, 5.41) is 4.06. The van der Waals surface area contributed by atoms with E-state index in [1.165, 1.54) is 34.2 Å². The largest absolute Gasteiger partial charge is 0.417 e. The van der Waals surface area contributed by atoms with Crippen LogP contribution in [0.15, 0.2) is 34.4 Å². The maximum absolute atomic E-state index is 12.9. The van der Waals surface area contributed by atoms with Gasteiger partial charge in [-0.05, 0) is 22.0 Å². The molecule has 0 radical (unpaired) electrons. The van der Waals surface area contributed by atoms with Crippen molar-refractivity contribution in [1.29, 1.82) is 0 Å². The maximum atomic E-state index is 12.9. The van der Waals surface area contributed by atoms with Crippen LogP contribution in [0.5, 0.6) is 0 Å². The summed E-state index contributed by atoms with van der Waals surface area (Å²) in [6, 6.07) is 5.37. The number of benzene rings is 1. The van der Waals surface area contributed by atoms with Gasteiger partial charge in [-0.15, -0.1) is 5.10 Å². The standard InChI is InChI=1S/C11H5BrF3N3S/c12-9-17-18-5-8(16-10(18)19-9)6-3-1-2-4-7(6)11(13,14)15/h1-5H. The number of fused-ring (bicyclic) bond motifs is 1. The Balaban J connectivity index is 2.18. The summed E-state index contributed by atoms with van der Waals surface area (Å²) in [4.78, 5) is 4.71. The van der Waals surface area contributed by atoms with Crippen LogP contribution in [0.25, 0.3) is 16.2 Å². The number of hydrogen-bond donors (Lipinski definition) is 0. The summed E-state index contributed by atoms with van der Waals surface area (Å²) < 4.78 is 40.9. The highest BCUT2D eigenvalue weighted by Crippen LogP contribution is 2.37. The third kappa shape index (κ3) is 2.25. The lowest BCUT2D eigenvalue weighted by Gasteiger charge is -2.10. The van der Waals surface area contributed by atoms with Crippen molar-refractivity contribution in [1.82, 2.24) is 14.6 Å². The summed E-state index contributed by atoms with van der Waals surface area (Å²) in [7, 11) is 0. The Morgan fingerprint density at radius 3 is 2.63 bits per heavy atom. The third-order valence-corrected chi connectivity index (χ3v) is 3.88. The predicted molar refractivity (Wildman–Crippen MR) is 69.0 cm³/mol. The maximum Gasteiger partial charge on any atom is 0.417 e. The monoisotopic (exact) mass is 347 g/mol. The molecule has 0 fully saturated rings. The Morgan fingerprint density at radius 1 is 1.21 bits per heavy atom. The van der Waals surface area contributed by atoms with Crippen LogP contribution >= 0.6 is 27.3 Å². The number of nitrogens with zero attached hydrogens (tertiary/aromatic N) is 3. The number of alkyl halides is 3. The zero-order valence-corrected chi connectivity index (χ0v) is 11.6. The van der Waals surface area contributed by atoms with Gasteiger partial charge in [-0.1, -0.05) is 29.5 Å². The smallest absolute Gasteiger partial charge is 0.217 e. The summed E-state index contributed by atoms with van der Waals surface area (Å²) in [6.45, 7) is 0. The molecule has 3 rings (SSSR count). The molecule has 98 valence electrons. The summed E-state index contributed by atoms with van der Waals surface area (Å²) in [5.74, 6) is 0. The first-order valence-electron chi connectivity index (χ1n) is 5.13. The summed E-state index contributed by atoms with van der Waals surface area (Å²) in [6.07, 6.45) is -2.91. The van der Waals surface area contributed by atoms with Gasteiger partial charge in [0.1, 0.15) is 0 Å². The molecule has 8 heteroatoms. The number of halogens is 4. The van der Waals surface area contributed by atoms with Crippen molar-refractivity contribution in [2.24, 2.45) is 0 Å². The van der Waals surface area contributed by atoms with E-state index in [2.05, 4.69) is 26.0 Å². The van der Waals surface area contributed by atoms with Gasteiger partial charge in [-0.25, -0.2) is 9.50 Å². The van der Waals surface area contributed by atoms with Crippen molar-refractivity contribution in [2.75, 3.05) is 0 Å². The van der Waals surface area contributed by atoms with Crippen LogP contribution in [0.2, 0.25) is 0 Å². The Morgan fingerprint density at radius 2 is 1.95 bits per heavy atom. The lowest BCUT2D eigenvalue weighted by atomic mass is 10.1. The van der Waals surface area contributed by atoms with Crippen LogP contribution < -0.4 is 0 Å². The van der Waals surface area contributed by atoms with E-state index >= 15 is 0 Å². The molecule has 0 aliphatic carbocycles. The van der Waals surface area contributed by atoms with Crippen molar-refractivity contribution in [3.8, 4) is 11.3 Å². The molecule has 0 N–H and O–H groups in total. The van der Waals surface area contributed by atoms with Gasteiger partial charge in [0.2, 0.25) is 4.96 Å². The minimum atomic E-state index is -4.40. The van der Waals surface area contributed by atoms with Crippen molar-refractivity contribution in [2.45, 2.75) is 6.18 Å². The van der Waals surface area contributed by atoms with E-state index in [0.29, 0.717) is 8.88 Å². The van der Waals surface area contributed by atoms with Gasteiger partial charge in [0.05, 0.1) is 17.5 Å². The topological polar surface area (TPSA) is 30.2 Å². The first-order chi connectivity index (χ1) is 8.95. The van der Waals surface area contributed by atoms with Crippen molar-refractivity contribution in [3.63, 3.8) is 0 Å². The fraction of sp³-hybridized carbons (Fsp3) is 0.0909. The zero-order chi connectivity index (χ0) is 13.6. The zero-order valence-electron chi connectivity index (χ0n) is 9.15. The minimum absolute atomic E-state index is 0.0591. The summed E-state index contributed by atoms with van der Waals surface area (Å²) >= 11 is 4.45. The van der Waals surface area contributed by atoms with Gasteiger partial charge in [-0.2, -0.15) is 13.2 Å². The molecule has 0 bridgehead atoms. The molecule has 3 nitrogen and oxygen atoms in total. The molecule has 19 heavy (non-hydrogen) atoms. The third-order valence-electron chi connectivity index (χ3n) is 2.53. The van der Waals surface area contributed by atoms with Gasteiger partial charge in [0, 0.05) is 5.56 Å². The Hall–Kier alpha value is -1.41. The van der Waals surface area contributed by atoms with Crippen LogP contribution in [0.4, 0.5) is 13.2 Å². The first kappa shape index (κ1) is 12.6. The Labute approximate surface area is 117 Å². The second-order valence-electron chi connectivity index (χ2n) is 3.75. The fourth-order valence-corrected chi connectivity index (χ4v) is 2.98. The average molecular weight is 348 g/mol. The SMILES string of the molecule is FC(F)(F)c1ccccc1-c1cn2nc(Br)sc2n1. The molecule has 0 saturated carbocycles. The van der Waals surface area contributed by atoms with Gasteiger partial charge < -0.3 is 0 Å². The molecule has 2 aromatic heterocycles. The highest BCUT2D eigenvalue weighted by molar-refractivity contribution is 9.11. The average Bonchev–Trinajstić information content (AvgIpc) is 2.85. The first-order valence-corrected chi connectivity index (χ1v) is 6.74. The number of aromatic nitrogens is 3. The van der Waals surface area contributed by atoms with Crippen molar-refractivity contribution >= 4 is 32.2 Å². The quantitative estimate of drug-likeness (QED) is 0.659.